The molecule has 3 rings (SSSR count). The number of thiophene rings is 1. The van der Waals surface area contributed by atoms with E-state index in [0.29, 0.717) is 0 Å². The number of hydrogen-bond acceptors (Lipinski definition) is 4. The number of H-pyrrole nitrogens is 1. The maximum atomic E-state index is 12.5. The van der Waals surface area contributed by atoms with Crippen LogP contribution in [0.5, 0.6) is 0 Å². The normalized spacial score (nSPS) is 11.5. The maximum Gasteiger partial charge on any atom is 0.263 e. The first kappa shape index (κ1) is 16.7. The SMILES string of the molecule is CCCCc1ccc(S(=O)(=O)Nc2cc(-c3cccs3)[nH]n2)cc1. The molecule has 3 aromatic rings. The van der Waals surface area contributed by atoms with Crippen molar-refractivity contribution in [2.24, 2.45) is 0 Å². The molecule has 0 atom stereocenters. The standard InChI is InChI=1S/C17H19N3O2S2/c1-2-3-5-13-7-9-14(10-8-13)24(21,22)20-17-12-15(18-19-17)16-6-4-11-23-16/h4,6-12H,2-3,5H2,1H3,(H2,18,19,20). The van der Waals surface area contributed by atoms with E-state index in [9.17, 15) is 8.42 Å². The molecule has 7 heteroatoms. The molecule has 0 aliphatic rings. The summed E-state index contributed by atoms with van der Waals surface area (Å²) in [5, 5.41) is 8.84. The van der Waals surface area contributed by atoms with Crippen molar-refractivity contribution in [1.82, 2.24) is 10.2 Å². The predicted molar refractivity (Wildman–Crippen MR) is 97.8 cm³/mol. The molecule has 1 aromatic carbocycles. The Balaban J connectivity index is 1.74. The van der Waals surface area contributed by atoms with E-state index in [1.807, 2.05) is 29.6 Å². The number of rotatable bonds is 7. The van der Waals surface area contributed by atoms with E-state index in [-0.39, 0.29) is 10.7 Å². The molecule has 0 unspecified atom stereocenters. The topological polar surface area (TPSA) is 74.8 Å². The van der Waals surface area contributed by atoms with Gasteiger partial charge < -0.3 is 0 Å². The summed E-state index contributed by atoms with van der Waals surface area (Å²) in [6.45, 7) is 2.14. The minimum absolute atomic E-state index is 0.239. The number of aromatic amines is 1. The van der Waals surface area contributed by atoms with Gasteiger partial charge in [-0.05, 0) is 42.0 Å². The lowest BCUT2D eigenvalue weighted by Gasteiger charge is -2.06. The Morgan fingerprint density at radius 2 is 2.00 bits per heavy atom. The van der Waals surface area contributed by atoms with Gasteiger partial charge in [0.15, 0.2) is 5.82 Å². The summed E-state index contributed by atoms with van der Waals surface area (Å²) in [5.74, 6) is 0.286. The largest absolute Gasteiger partial charge is 0.275 e. The van der Waals surface area contributed by atoms with Crippen LogP contribution in [-0.4, -0.2) is 18.6 Å². The van der Waals surface area contributed by atoms with Gasteiger partial charge in [0.05, 0.1) is 15.5 Å². The quantitative estimate of drug-likeness (QED) is 0.659. The first-order valence-electron chi connectivity index (χ1n) is 7.79. The summed E-state index contributed by atoms with van der Waals surface area (Å²) in [4.78, 5) is 1.25. The van der Waals surface area contributed by atoms with Crippen LogP contribution >= 0.6 is 11.3 Å². The third kappa shape index (κ3) is 3.85. The van der Waals surface area contributed by atoms with Crippen LogP contribution in [0.25, 0.3) is 10.6 Å². The molecule has 0 radical (unpaired) electrons. The summed E-state index contributed by atoms with van der Waals surface area (Å²) in [5.41, 5.74) is 1.94. The van der Waals surface area contributed by atoms with Crippen LogP contribution in [0, 0.1) is 0 Å². The van der Waals surface area contributed by atoms with Gasteiger partial charge in [0.25, 0.3) is 10.0 Å². The van der Waals surface area contributed by atoms with Crippen molar-refractivity contribution in [3.05, 3.63) is 53.4 Å². The Kier molecular flexibility index (Phi) is 5.01. The lowest BCUT2D eigenvalue weighted by atomic mass is 10.1. The second-order valence-corrected chi connectivity index (χ2v) is 8.13. The van der Waals surface area contributed by atoms with E-state index in [1.54, 1.807) is 29.5 Å². The molecule has 0 saturated heterocycles. The van der Waals surface area contributed by atoms with Crippen LogP contribution in [-0.2, 0) is 16.4 Å². The average Bonchev–Trinajstić information content (AvgIpc) is 3.24. The van der Waals surface area contributed by atoms with E-state index in [2.05, 4.69) is 21.8 Å². The van der Waals surface area contributed by atoms with Gasteiger partial charge in [0.1, 0.15) is 0 Å². The van der Waals surface area contributed by atoms with Gasteiger partial charge in [-0.2, -0.15) is 5.10 Å². The maximum absolute atomic E-state index is 12.5. The molecule has 0 aliphatic carbocycles. The number of aromatic nitrogens is 2. The molecule has 0 bridgehead atoms. The molecule has 2 N–H and O–H groups in total. The Morgan fingerprint density at radius 3 is 2.67 bits per heavy atom. The summed E-state index contributed by atoms with van der Waals surface area (Å²) >= 11 is 1.56. The minimum Gasteiger partial charge on any atom is -0.275 e. The monoisotopic (exact) mass is 361 g/mol. The highest BCUT2D eigenvalue weighted by atomic mass is 32.2. The Labute approximate surface area is 145 Å². The van der Waals surface area contributed by atoms with Gasteiger partial charge in [0.2, 0.25) is 0 Å². The molecule has 2 heterocycles. The average molecular weight is 361 g/mol. The summed E-state index contributed by atoms with van der Waals surface area (Å²) in [6.07, 6.45) is 3.18. The molecule has 5 nitrogen and oxygen atoms in total. The zero-order chi connectivity index (χ0) is 17.0. The summed E-state index contributed by atoms with van der Waals surface area (Å²) < 4.78 is 27.4. The lowest BCUT2D eigenvalue weighted by Crippen LogP contribution is -2.13. The van der Waals surface area contributed by atoms with Crippen molar-refractivity contribution in [1.29, 1.82) is 0 Å². The highest BCUT2D eigenvalue weighted by Crippen LogP contribution is 2.25. The van der Waals surface area contributed by atoms with Crippen molar-refractivity contribution >= 4 is 27.2 Å². The van der Waals surface area contributed by atoms with Gasteiger partial charge in [-0.25, -0.2) is 8.42 Å². The summed E-state index contributed by atoms with van der Waals surface area (Å²) in [6, 6.07) is 12.6. The zero-order valence-corrected chi connectivity index (χ0v) is 15.0. The van der Waals surface area contributed by atoms with Crippen molar-refractivity contribution in [2.75, 3.05) is 4.72 Å². The number of unbranched alkanes of at least 4 members (excludes halogenated alkanes) is 1. The first-order chi connectivity index (χ1) is 11.6. The van der Waals surface area contributed by atoms with E-state index in [1.165, 1.54) is 0 Å². The smallest absolute Gasteiger partial charge is 0.263 e. The number of benzene rings is 1. The van der Waals surface area contributed by atoms with E-state index < -0.39 is 10.0 Å². The number of hydrogen-bond donors (Lipinski definition) is 2. The van der Waals surface area contributed by atoms with Crippen LogP contribution in [0.2, 0.25) is 0 Å². The van der Waals surface area contributed by atoms with Crippen LogP contribution in [0.1, 0.15) is 25.3 Å². The number of aryl methyl sites for hydroxylation is 1. The van der Waals surface area contributed by atoms with Crippen molar-refractivity contribution in [3.63, 3.8) is 0 Å². The van der Waals surface area contributed by atoms with Gasteiger partial charge in [0, 0.05) is 6.07 Å². The van der Waals surface area contributed by atoms with Gasteiger partial charge in [-0.3, -0.25) is 9.82 Å². The lowest BCUT2D eigenvalue weighted by molar-refractivity contribution is 0.601. The van der Waals surface area contributed by atoms with Gasteiger partial charge in [-0.15, -0.1) is 11.3 Å². The predicted octanol–water partition coefficient (Wildman–Crippen LogP) is 4.28. The van der Waals surface area contributed by atoms with Crippen LogP contribution in [0.3, 0.4) is 0 Å². The van der Waals surface area contributed by atoms with Gasteiger partial charge in [-0.1, -0.05) is 31.5 Å². The van der Waals surface area contributed by atoms with Gasteiger partial charge >= 0.3 is 0 Å². The number of nitrogens with one attached hydrogen (secondary N) is 2. The molecule has 0 saturated carbocycles. The van der Waals surface area contributed by atoms with E-state index in [4.69, 9.17) is 0 Å². The minimum atomic E-state index is -3.64. The molecular weight excluding hydrogens is 342 g/mol. The van der Waals surface area contributed by atoms with Crippen molar-refractivity contribution < 1.29 is 8.42 Å². The molecule has 0 aliphatic heterocycles. The fraction of sp³-hybridized carbons (Fsp3) is 0.235. The number of sulfonamides is 1. The van der Waals surface area contributed by atoms with E-state index >= 15 is 0 Å². The molecular formula is C17H19N3O2S2. The zero-order valence-electron chi connectivity index (χ0n) is 13.3. The second-order valence-electron chi connectivity index (χ2n) is 5.50. The third-order valence-corrected chi connectivity index (χ3v) is 5.93. The Hall–Kier alpha value is -2.12. The van der Waals surface area contributed by atoms with Crippen molar-refractivity contribution in [2.45, 2.75) is 31.1 Å². The molecule has 0 amide bonds. The summed E-state index contributed by atoms with van der Waals surface area (Å²) in [7, 11) is -3.64. The Morgan fingerprint density at radius 1 is 1.21 bits per heavy atom. The molecule has 0 fully saturated rings. The molecule has 0 spiro atoms. The molecule has 126 valence electrons. The molecule has 2 aromatic heterocycles. The van der Waals surface area contributed by atoms with E-state index in [0.717, 1.165) is 35.4 Å². The van der Waals surface area contributed by atoms with Crippen LogP contribution in [0.15, 0.2) is 52.7 Å². The second kappa shape index (κ2) is 7.19. The number of anilines is 1. The number of nitrogens with zero attached hydrogens (tertiary/aromatic N) is 1. The first-order valence-corrected chi connectivity index (χ1v) is 10.2. The highest BCUT2D eigenvalue weighted by Gasteiger charge is 2.16. The van der Waals surface area contributed by atoms with Crippen molar-refractivity contribution in [3.8, 4) is 10.6 Å². The Bertz CT molecular complexity index is 882. The van der Waals surface area contributed by atoms with Crippen LogP contribution < -0.4 is 4.72 Å². The van der Waals surface area contributed by atoms with Crippen LogP contribution in [0.4, 0.5) is 5.82 Å². The fourth-order valence-corrected chi connectivity index (χ4v) is 4.03. The third-order valence-electron chi connectivity index (χ3n) is 3.66. The highest BCUT2D eigenvalue weighted by molar-refractivity contribution is 7.92. The molecule has 24 heavy (non-hydrogen) atoms. The fourth-order valence-electron chi connectivity index (χ4n) is 2.34.